The largest absolute Gasteiger partial charge is 0.486 e. The average molecular weight is 275 g/mol. The lowest BCUT2D eigenvalue weighted by Gasteiger charge is -2.09. The van der Waals surface area contributed by atoms with Crippen LogP contribution in [0.1, 0.15) is 12.6 Å². The van der Waals surface area contributed by atoms with Crippen molar-refractivity contribution >= 4 is 17.6 Å². The van der Waals surface area contributed by atoms with Gasteiger partial charge in [0.15, 0.2) is 0 Å². The van der Waals surface area contributed by atoms with Crippen LogP contribution in [0.4, 0.5) is 5.82 Å². The normalized spacial score (nSPS) is 10.2. The maximum Gasteiger partial charge on any atom is 0.144 e. The number of benzene rings is 1. The van der Waals surface area contributed by atoms with E-state index in [1.807, 2.05) is 37.4 Å². The van der Waals surface area contributed by atoms with E-state index in [1.165, 1.54) is 0 Å². The molecule has 100 valence electrons. The lowest BCUT2D eigenvalue weighted by Crippen LogP contribution is -2.03. The van der Waals surface area contributed by atoms with Crippen LogP contribution in [0, 0.1) is 0 Å². The predicted molar refractivity (Wildman–Crippen MR) is 78.8 cm³/mol. The Morgan fingerprint density at radius 1 is 1.21 bits per heavy atom. The molecule has 0 aliphatic rings. The van der Waals surface area contributed by atoms with Gasteiger partial charge in [-0.2, -0.15) is 0 Å². The van der Waals surface area contributed by atoms with Crippen LogP contribution in [-0.2, 0) is 6.61 Å². The Hall–Kier alpha value is -1.75. The molecule has 0 aliphatic heterocycles. The first-order valence-corrected chi connectivity index (χ1v) is 7.36. The first-order valence-electron chi connectivity index (χ1n) is 6.14. The Morgan fingerprint density at radius 3 is 2.74 bits per heavy atom. The molecule has 0 amide bonds. The molecule has 1 aromatic carbocycles. The topological polar surface area (TPSA) is 47.0 Å². The van der Waals surface area contributed by atoms with Gasteiger partial charge in [-0.15, -0.1) is 11.8 Å². The number of hydrogen-bond acceptors (Lipinski definition) is 5. The first-order chi connectivity index (χ1) is 9.33. The van der Waals surface area contributed by atoms with E-state index in [0.717, 1.165) is 28.7 Å². The molecule has 1 N–H and O–H groups in total. The molecule has 2 rings (SSSR count). The molecule has 19 heavy (non-hydrogen) atoms. The second-order valence-corrected chi connectivity index (χ2v) is 4.71. The molecule has 4 nitrogen and oxygen atoms in total. The molecule has 0 fully saturated rings. The molecule has 0 radical (unpaired) electrons. The summed E-state index contributed by atoms with van der Waals surface area (Å²) in [6, 6.07) is 7.98. The molecule has 0 unspecified atom stereocenters. The number of hydrogen-bond donors (Lipinski definition) is 1. The summed E-state index contributed by atoms with van der Waals surface area (Å²) in [5.41, 5.74) is 0.817. The molecule has 0 bridgehead atoms. The number of anilines is 1. The molecular weight excluding hydrogens is 258 g/mol. The third-order valence-corrected chi connectivity index (χ3v) is 3.28. The highest BCUT2D eigenvalue weighted by Gasteiger charge is 2.03. The summed E-state index contributed by atoms with van der Waals surface area (Å²) in [6.45, 7) is 3.29. The number of ether oxygens (including phenoxy) is 1. The van der Waals surface area contributed by atoms with Crippen LogP contribution in [0.3, 0.4) is 0 Å². The summed E-state index contributed by atoms with van der Waals surface area (Å²) < 4.78 is 5.77. The van der Waals surface area contributed by atoms with Gasteiger partial charge < -0.3 is 10.1 Å². The molecule has 0 saturated heterocycles. The minimum absolute atomic E-state index is 0.428. The van der Waals surface area contributed by atoms with Gasteiger partial charge in [0.1, 0.15) is 18.2 Å². The molecule has 2 aromatic rings. The number of para-hydroxylation sites is 1. The van der Waals surface area contributed by atoms with Crippen LogP contribution < -0.4 is 10.1 Å². The van der Waals surface area contributed by atoms with Gasteiger partial charge in [-0.1, -0.05) is 12.1 Å². The van der Waals surface area contributed by atoms with Gasteiger partial charge in [-0.05, 0) is 25.3 Å². The number of nitrogens with one attached hydrogen (secondary N) is 1. The van der Waals surface area contributed by atoms with E-state index in [9.17, 15) is 0 Å². The smallest absolute Gasteiger partial charge is 0.144 e. The summed E-state index contributed by atoms with van der Waals surface area (Å²) in [7, 11) is 0. The summed E-state index contributed by atoms with van der Waals surface area (Å²) in [4.78, 5) is 9.70. The highest BCUT2D eigenvalue weighted by molar-refractivity contribution is 7.98. The van der Waals surface area contributed by atoms with Crippen LogP contribution in [0.2, 0.25) is 0 Å². The maximum atomic E-state index is 5.77. The number of thioether (sulfide) groups is 1. The summed E-state index contributed by atoms with van der Waals surface area (Å²) in [6.07, 6.45) is 5.50. The minimum Gasteiger partial charge on any atom is -0.486 e. The molecular formula is C14H17N3OS. The van der Waals surface area contributed by atoms with Gasteiger partial charge in [-0.25, -0.2) is 4.98 Å². The lowest BCUT2D eigenvalue weighted by atomic mass is 10.3. The highest BCUT2D eigenvalue weighted by Crippen LogP contribution is 2.27. The fourth-order valence-electron chi connectivity index (χ4n) is 1.59. The van der Waals surface area contributed by atoms with Crippen molar-refractivity contribution in [2.24, 2.45) is 0 Å². The zero-order valence-electron chi connectivity index (χ0n) is 11.1. The van der Waals surface area contributed by atoms with Crippen LogP contribution in [-0.4, -0.2) is 22.8 Å². The Bertz CT molecular complexity index is 516. The Balaban J connectivity index is 1.98. The van der Waals surface area contributed by atoms with Gasteiger partial charge in [0.05, 0.1) is 18.1 Å². The van der Waals surface area contributed by atoms with E-state index in [0.29, 0.717) is 6.61 Å². The van der Waals surface area contributed by atoms with E-state index in [1.54, 1.807) is 24.2 Å². The van der Waals surface area contributed by atoms with E-state index in [4.69, 9.17) is 4.74 Å². The van der Waals surface area contributed by atoms with E-state index in [-0.39, 0.29) is 0 Å². The van der Waals surface area contributed by atoms with Gasteiger partial charge in [0, 0.05) is 11.4 Å². The summed E-state index contributed by atoms with van der Waals surface area (Å²) in [5, 5.41) is 3.11. The number of nitrogens with zero attached hydrogens (tertiary/aromatic N) is 2. The summed E-state index contributed by atoms with van der Waals surface area (Å²) in [5.74, 6) is 1.67. The lowest BCUT2D eigenvalue weighted by molar-refractivity contribution is 0.293. The highest BCUT2D eigenvalue weighted by atomic mass is 32.2. The zero-order chi connectivity index (χ0) is 13.5. The van der Waals surface area contributed by atoms with Gasteiger partial charge in [0.2, 0.25) is 0 Å². The van der Waals surface area contributed by atoms with E-state index >= 15 is 0 Å². The van der Waals surface area contributed by atoms with Crippen LogP contribution in [0.25, 0.3) is 0 Å². The second-order valence-electron chi connectivity index (χ2n) is 3.86. The monoisotopic (exact) mass is 275 g/mol. The molecule has 0 atom stereocenters. The van der Waals surface area contributed by atoms with Gasteiger partial charge in [0.25, 0.3) is 0 Å². The fourth-order valence-corrected chi connectivity index (χ4v) is 2.13. The standard InChI is InChI=1S/C14H17N3OS/c1-3-15-14-9-16-11(8-17-14)10-18-12-6-4-5-7-13(12)19-2/h4-9H,3,10H2,1-2H3,(H,15,17). The van der Waals surface area contributed by atoms with Crippen molar-refractivity contribution in [2.75, 3.05) is 18.1 Å². The van der Waals surface area contributed by atoms with Crippen molar-refractivity contribution < 1.29 is 4.74 Å². The van der Waals surface area contributed by atoms with E-state index < -0.39 is 0 Å². The Kier molecular flexibility index (Phi) is 5.03. The fraction of sp³-hybridized carbons (Fsp3) is 0.286. The van der Waals surface area contributed by atoms with Crippen LogP contribution in [0.5, 0.6) is 5.75 Å². The average Bonchev–Trinajstić information content (AvgIpc) is 2.47. The van der Waals surface area contributed by atoms with Gasteiger partial charge in [-0.3, -0.25) is 4.98 Å². The molecule has 1 aromatic heterocycles. The molecule has 0 spiro atoms. The molecule has 5 heteroatoms. The third-order valence-electron chi connectivity index (χ3n) is 2.51. The van der Waals surface area contributed by atoms with Crippen molar-refractivity contribution in [2.45, 2.75) is 18.4 Å². The number of aromatic nitrogens is 2. The summed E-state index contributed by atoms with van der Waals surface area (Å²) >= 11 is 1.67. The van der Waals surface area contributed by atoms with E-state index in [2.05, 4.69) is 15.3 Å². The quantitative estimate of drug-likeness (QED) is 0.820. The zero-order valence-corrected chi connectivity index (χ0v) is 11.9. The Morgan fingerprint density at radius 2 is 2.05 bits per heavy atom. The SMILES string of the molecule is CCNc1cnc(COc2ccccc2SC)cn1. The van der Waals surface area contributed by atoms with Crippen molar-refractivity contribution in [1.82, 2.24) is 9.97 Å². The van der Waals surface area contributed by atoms with Gasteiger partial charge >= 0.3 is 0 Å². The minimum atomic E-state index is 0.428. The molecule has 0 saturated carbocycles. The third kappa shape index (κ3) is 3.86. The Labute approximate surface area is 117 Å². The maximum absolute atomic E-state index is 5.77. The van der Waals surface area contributed by atoms with Crippen molar-refractivity contribution in [3.05, 3.63) is 42.4 Å². The first kappa shape index (κ1) is 13.7. The number of rotatable bonds is 6. The second kappa shape index (κ2) is 6.99. The van der Waals surface area contributed by atoms with Crippen LogP contribution >= 0.6 is 11.8 Å². The van der Waals surface area contributed by atoms with Crippen molar-refractivity contribution in [1.29, 1.82) is 0 Å². The molecule has 1 heterocycles. The van der Waals surface area contributed by atoms with Crippen LogP contribution in [0.15, 0.2) is 41.6 Å². The van der Waals surface area contributed by atoms with Crippen molar-refractivity contribution in [3.8, 4) is 5.75 Å². The predicted octanol–water partition coefficient (Wildman–Crippen LogP) is 3.21. The molecule has 0 aliphatic carbocycles. The van der Waals surface area contributed by atoms with Crippen molar-refractivity contribution in [3.63, 3.8) is 0 Å².